The number of likely N-dealkylation sites (tertiary alicyclic amines) is 1. The molecule has 5 nitrogen and oxygen atoms in total. The number of carbonyl (C=O) groups is 2. The third kappa shape index (κ3) is 2.77. The van der Waals surface area contributed by atoms with E-state index in [1.54, 1.807) is 11.9 Å². The van der Waals surface area contributed by atoms with Gasteiger partial charge in [-0.15, -0.1) is 0 Å². The topological polar surface area (TPSA) is 52.7 Å². The number of rotatable bonds is 1. The molecule has 0 bridgehead atoms. The van der Waals surface area contributed by atoms with Crippen molar-refractivity contribution in [2.75, 3.05) is 33.2 Å². The predicted molar refractivity (Wildman–Crippen MR) is 64.4 cm³/mol. The van der Waals surface area contributed by atoms with Crippen LogP contribution in [0.15, 0.2) is 0 Å². The van der Waals surface area contributed by atoms with Crippen molar-refractivity contribution in [3.63, 3.8) is 0 Å². The third-order valence-electron chi connectivity index (χ3n) is 3.69. The normalized spacial score (nSPS) is 30.6. The van der Waals surface area contributed by atoms with Crippen LogP contribution >= 0.6 is 0 Å². The summed E-state index contributed by atoms with van der Waals surface area (Å²) in [5, 5.41) is 3.32. The molecule has 0 aromatic rings. The Hall–Kier alpha value is -1.10. The fraction of sp³-hybridized carbons (Fsp3) is 0.833. The molecule has 2 fully saturated rings. The van der Waals surface area contributed by atoms with Gasteiger partial charge in [-0.2, -0.15) is 0 Å². The van der Waals surface area contributed by atoms with E-state index in [0.29, 0.717) is 19.0 Å². The van der Waals surface area contributed by atoms with Gasteiger partial charge in [0.25, 0.3) is 0 Å². The first-order valence-corrected chi connectivity index (χ1v) is 6.34. The summed E-state index contributed by atoms with van der Waals surface area (Å²) in [5.74, 6) is 0.168. The molecule has 0 spiro atoms. The van der Waals surface area contributed by atoms with Crippen LogP contribution in [0.4, 0.5) is 0 Å². The Bertz CT molecular complexity index is 319. The van der Waals surface area contributed by atoms with E-state index in [-0.39, 0.29) is 17.7 Å². The zero-order chi connectivity index (χ0) is 12.4. The van der Waals surface area contributed by atoms with Crippen molar-refractivity contribution >= 4 is 11.8 Å². The van der Waals surface area contributed by atoms with Crippen molar-refractivity contribution in [2.24, 2.45) is 5.92 Å². The van der Waals surface area contributed by atoms with Gasteiger partial charge in [0, 0.05) is 51.6 Å². The van der Waals surface area contributed by atoms with E-state index in [4.69, 9.17) is 0 Å². The lowest BCUT2D eigenvalue weighted by Gasteiger charge is -2.36. The Morgan fingerprint density at radius 2 is 2.18 bits per heavy atom. The standard InChI is InChI=1S/C12H21N3O2/c1-9-8-15(6-4-13-9)12(17)10-3-5-14(2)11(16)7-10/h9-10,13H,3-8H2,1-2H3/t9-,10-/m1/s1. The first-order valence-electron chi connectivity index (χ1n) is 6.34. The van der Waals surface area contributed by atoms with E-state index in [1.165, 1.54) is 0 Å². The number of amides is 2. The molecule has 17 heavy (non-hydrogen) atoms. The van der Waals surface area contributed by atoms with E-state index in [1.807, 2.05) is 4.90 Å². The first kappa shape index (κ1) is 12.4. The molecule has 0 saturated carbocycles. The van der Waals surface area contributed by atoms with Crippen molar-refractivity contribution in [2.45, 2.75) is 25.8 Å². The van der Waals surface area contributed by atoms with Crippen LogP contribution < -0.4 is 5.32 Å². The maximum Gasteiger partial charge on any atom is 0.226 e. The van der Waals surface area contributed by atoms with Crippen molar-refractivity contribution in [1.29, 1.82) is 0 Å². The molecule has 1 N–H and O–H groups in total. The molecule has 2 rings (SSSR count). The highest BCUT2D eigenvalue weighted by molar-refractivity contribution is 5.87. The second-order valence-corrected chi connectivity index (χ2v) is 5.14. The highest BCUT2D eigenvalue weighted by atomic mass is 16.2. The van der Waals surface area contributed by atoms with Gasteiger partial charge in [0.15, 0.2) is 0 Å². The number of piperidine rings is 1. The van der Waals surface area contributed by atoms with Gasteiger partial charge in [-0.05, 0) is 13.3 Å². The molecule has 2 heterocycles. The van der Waals surface area contributed by atoms with Crippen molar-refractivity contribution in [3.05, 3.63) is 0 Å². The Morgan fingerprint density at radius 3 is 2.82 bits per heavy atom. The second kappa shape index (κ2) is 5.04. The molecule has 2 atom stereocenters. The molecule has 2 aliphatic heterocycles. The Labute approximate surface area is 102 Å². The van der Waals surface area contributed by atoms with E-state index >= 15 is 0 Å². The molecular weight excluding hydrogens is 218 g/mol. The minimum atomic E-state index is -0.0935. The molecular formula is C12H21N3O2. The lowest BCUT2D eigenvalue weighted by Crippen LogP contribution is -2.54. The van der Waals surface area contributed by atoms with Crippen LogP contribution in [0.1, 0.15) is 19.8 Å². The van der Waals surface area contributed by atoms with E-state index in [0.717, 1.165) is 26.1 Å². The lowest BCUT2D eigenvalue weighted by atomic mass is 9.94. The van der Waals surface area contributed by atoms with Gasteiger partial charge in [-0.1, -0.05) is 0 Å². The van der Waals surface area contributed by atoms with E-state index in [9.17, 15) is 9.59 Å². The summed E-state index contributed by atoms with van der Waals surface area (Å²) >= 11 is 0. The van der Waals surface area contributed by atoms with Crippen LogP contribution in [-0.2, 0) is 9.59 Å². The zero-order valence-corrected chi connectivity index (χ0v) is 10.6. The van der Waals surface area contributed by atoms with Gasteiger partial charge in [-0.25, -0.2) is 0 Å². The average Bonchev–Trinajstić information content (AvgIpc) is 2.32. The Morgan fingerprint density at radius 1 is 1.41 bits per heavy atom. The van der Waals surface area contributed by atoms with E-state index < -0.39 is 0 Å². The van der Waals surface area contributed by atoms with Crippen LogP contribution in [0.2, 0.25) is 0 Å². The van der Waals surface area contributed by atoms with Crippen LogP contribution in [0.5, 0.6) is 0 Å². The maximum atomic E-state index is 12.3. The molecule has 0 unspecified atom stereocenters. The number of hydrogen-bond acceptors (Lipinski definition) is 3. The minimum Gasteiger partial charge on any atom is -0.346 e. The van der Waals surface area contributed by atoms with Gasteiger partial charge in [-0.3, -0.25) is 9.59 Å². The molecule has 0 aromatic heterocycles. The molecule has 2 saturated heterocycles. The van der Waals surface area contributed by atoms with Gasteiger partial charge >= 0.3 is 0 Å². The SMILES string of the molecule is C[C@@H]1CN(C(=O)[C@@H]2CCN(C)C(=O)C2)CCN1. The largest absolute Gasteiger partial charge is 0.346 e. The molecule has 0 radical (unpaired) electrons. The van der Waals surface area contributed by atoms with Crippen LogP contribution in [0.25, 0.3) is 0 Å². The average molecular weight is 239 g/mol. The Kier molecular flexibility index (Phi) is 3.66. The van der Waals surface area contributed by atoms with Gasteiger partial charge in [0.1, 0.15) is 0 Å². The van der Waals surface area contributed by atoms with Crippen LogP contribution in [-0.4, -0.2) is 60.9 Å². The quantitative estimate of drug-likeness (QED) is 0.682. The first-order chi connectivity index (χ1) is 8.08. The predicted octanol–water partition coefficient (Wildman–Crippen LogP) is -0.325. The van der Waals surface area contributed by atoms with E-state index in [2.05, 4.69) is 12.2 Å². The zero-order valence-electron chi connectivity index (χ0n) is 10.6. The molecule has 2 aliphatic rings. The lowest BCUT2D eigenvalue weighted by molar-refractivity contribution is -0.145. The highest BCUT2D eigenvalue weighted by Gasteiger charge is 2.32. The summed E-state index contributed by atoms with van der Waals surface area (Å²) in [7, 11) is 1.80. The molecule has 0 aromatic carbocycles. The number of nitrogens with one attached hydrogen (secondary N) is 1. The number of hydrogen-bond donors (Lipinski definition) is 1. The highest BCUT2D eigenvalue weighted by Crippen LogP contribution is 2.20. The smallest absolute Gasteiger partial charge is 0.226 e. The molecule has 96 valence electrons. The van der Waals surface area contributed by atoms with Crippen LogP contribution in [0, 0.1) is 5.92 Å². The summed E-state index contributed by atoms with van der Waals surface area (Å²) in [6.07, 6.45) is 1.19. The number of carbonyl (C=O) groups excluding carboxylic acids is 2. The fourth-order valence-corrected chi connectivity index (χ4v) is 2.54. The van der Waals surface area contributed by atoms with Gasteiger partial charge in [0.05, 0.1) is 0 Å². The monoisotopic (exact) mass is 239 g/mol. The summed E-state index contributed by atoms with van der Waals surface area (Å²) in [6, 6.07) is 0.356. The van der Waals surface area contributed by atoms with Crippen molar-refractivity contribution in [1.82, 2.24) is 15.1 Å². The van der Waals surface area contributed by atoms with Crippen LogP contribution in [0.3, 0.4) is 0 Å². The second-order valence-electron chi connectivity index (χ2n) is 5.14. The van der Waals surface area contributed by atoms with Crippen molar-refractivity contribution in [3.8, 4) is 0 Å². The number of piperazine rings is 1. The fourth-order valence-electron chi connectivity index (χ4n) is 2.54. The summed E-state index contributed by atoms with van der Waals surface area (Å²) in [6.45, 7) is 5.17. The molecule has 5 heteroatoms. The molecule has 2 amide bonds. The number of nitrogens with zero attached hydrogens (tertiary/aromatic N) is 2. The molecule has 0 aliphatic carbocycles. The summed E-state index contributed by atoms with van der Waals surface area (Å²) < 4.78 is 0. The third-order valence-corrected chi connectivity index (χ3v) is 3.69. The summed E-state index contributed by atoms with van der Waals surface area (Å²) in [5.41, 5.74) is 0. The Balaban J connectivity index is 1.93. The summed E-state index contributed by atoms with van der Waals surface area (Å²) in [4.78, 5) is 27.5. The van der Waals surface area contributed by atoms with Gasteiger partial charge < -0.3 is 15.1 Å². The van der Waals surface area contributed by atoms with Crippen molar-refractivity contribution < 1.29 is 9.59 Å². The minimum absolute atomic E-state index is 0.0935. The maximum absolute atomic E-state index is 12.3. The van der Waals surface area contributed by atoms with Gasteiger partial charge in [0.2, 0.25) is 11.8 Å².